The van der Waals surface area contributed by atoms with Crippen molar-refractivity contribution in [3.8, 4) is 5.69 Å². The molecule has 6 nitrogen and oxygen atoms in total. The predicted octanol–water partition coefficient (Wildman–Crippen LogP) is 3.50. The highest BCUT2D eigenvalue weighted by Gasteiger charge is 2.17. The average molecular weight is 369 g/mol. The lowest BCUT2D eigenvalue weighted by atomic mass is 10.1. The number of aromatic nitrogens is 4. The number of hydrogen-bond acceptors (Lipinski definition) is 4. The first-order valence-corrected chi connectivity index (χ1v) is 9.00. The monoisotopic (exact) mass is 369 g/mol. The Labute approximate surface area is 163 Å². The molecule has 0 atom stereocenters. The zero-order valence-corrected chi connectivity index (χ0v) is 15.2. The van der Waals surface area contributed by atoms with Gasteiger partial charge in [-0.3, -0.25) is 4.79 Å². The van der Waals surface area contributed by atoms with E-state index in [2.05, 4.69) is 15.5 Å². The Morgan fingerprint density at radius 2 is 1.46 bits per heavy atom. The van der Waals surface area contributed by atoms with Crippen LogP contribution in [-0.4, -0.2) is 31.0 Å². The minimum Gasteiger partial charge on any atom is -0.330 e. The van der Waals surface area contributed by atoms with Crippen molar-refractivity contribution in [1.29, 1.82) is 0 Å². The summed E-state index contributed by atoms with van der Waals surface area (Å²) in [6.45, 7) is 1.06. The predicted molar refractivity (Wildman–Crippen MR) is 106 cm³/mol. The third-order valence-corrected chi connectivity index (χ3v) is 4.43. The molecule has 1 aromatic heterocycles. The molecule has 0 aliphatic rings. The van der Waals surface area contributed by atoms with Gasteiger partial charge in [0.25, 0.3) is 5.91 Å². The summed E-state index contributed by atoms with van der Waals surface area (Å²) in [6, 6.07) is 27.3. The van der Waals surface area contributed by atoms with Gasteiger partial charge in [0.1, 0.15) is 6.33 Å². The molecule has 138 valence electrons. The van der Waals surface area contributed by atoms with Gasteiger partial charge in [0.05, 0.1) is 5.69 Å². The lowest BCUT2D eigenvalue weighted by molar-refractivity contribution is 0.0730. The van der Waals surface area contributed by atoms with Crippen molar-refractivity contribution in [2.45, 2.75) is 13.1 Å². The third-order valence-electron chi connectivity index (χ3n) is 4.43. The Balaban J connectivity index is 1.63. The fraction of sp³-hybridized carbons (Fsp3) is 0.0909. The standard InChI is InChI=1S/C22H19N5O/c28-22(20-12-7-13-21(14-20)27-17-23-24-25-27)26(15-18-8-3-1-4-9-18)16-19-10-5-2-6-11-19/h1-14,17H,15-16H2. The van der Waals surface area contributed by atoms with Crippen LogP contribution >= 0.6 is 0 Å². The summed E-state index contributed by atoms with van der Waals surface area (Å²) < 4.78 is 1.54. The molecule has 1 amide bonds. The maximum absolute atomic E-state index is 13.3. The molecule has 0 saturated heterocycles. The molecule has 0 saturated carbocycles. The second-order valence-electron chi connectivity index (χ2n) is 6.44. The van der Waals surface area contributed by atoms with E-state index < -0.39 is 0 Å². The molecule has 28 heavy (non-hydrogen) atoms. The van der Waals surface area contributed by atoms with E-state index in [0.29, 0.717) is 18.7 Å². The van der Waals surface area contributed by atoms with Crippen LogP contribution in [0.3, 0.4) is 0 Å². The SMILES string of the molecule is O=C(c1cccc(-n2cnnn2)c1)N(Cc1ccccc1)Cc1ccccc1. The normalized spacial score (nSPS) is 10.6. The van der Waals surface area contributed by atoms with Crippen LogP contribution in [0.5, 0.6) is 0 Å². The van der Waals surface area contributed by atoms with Gasteiger partial charge in [-0.25, -0.2) is 4.68 Å². The van der Waals surface area contributed by atoms with Crippen LogP contribution in [0.1, 0.15) is 21.5 Å². The van der Waals surface area contributed by atoms with Crippen LogP contribution in [-0.2, 0) is 13.1 Å². The molecule has 0 fully saturated rings. The van der Waals surface area contributed by atoms with E-state index in [-0.39, 0.29) is 5.91 Å². The second-order valence-corrected chi connectivity index (χ2v) is 6.44. The molecule has 4 rings (SSSR count). The number of carbonyl (C=O) groups is 1. The van der Waals surface area contributed by atoms with Crippen molar-refractivity contribution in [2.24, 2.45) is 0 Å². The van der Waals surface area contributed by atoms with Crippen molar-refractivity contribution >= 4 is 5.91 Å². The van der Waals surface area contributed by atoms with Gasteiger partial charge in [0, 0.05) is 18.7 Å². The number of rotatable bonds is 6. The smallest absolute Gasteiger partial charge is 0.254 e. The molecule has 0 spiro atoms. The van der Waals surface area contributed by atoms with Crippen LogP contribution in [0.4, 0.5) is 0 Å². The first-order chi connectivity index (χ1) is 13.8. The molecule has 0 bridgehead atoms. The molecular weight excluding hydrogens is 350 g/mol. The maximum atomic E-state index is 13.3. The minimum absolute atomic E-state index is 0.0392. The van der Waals surface area contributed by atoms with E-state index >= 15 is 0 Å². The van der Waals surface area contributed by atoms with Gasteiger partial charge in [0.15, 0.2) is 0 Å². The Bertz CT molecular complexity index is 991. The van der Waals surface area contributed by atoms with Crippen LogP contribution in [0.15, 0.2) is 91.3 Å². The van der Waals surface area contributed by atoms with Crippen molar-refractivity contribution < 1.29 is 4.79 Å². The number of carbonyl (C=O) groups excluding carboxylic acids is 1. The van der Waals surface area contributed by atoms with E-state index in [1.165, 1.54) is 11.0 Å². The van der Waals surface area contributed by atoms with E-state index in [0.717, 1.165) is 16.8 Å². The minimum atomic E-state index is -0.0392. The molecule has 1 heterocycles. The van der Waals surface area contributed by atoms with Crippen molar-refractivity contribution in [3.63, 3.8) is 0 Å². The van der Waals surface area contributed by atoms with E-state index in [1.807, 2.05) is 89.8 Å². The van der Waals surface area contributed by atoms with Gasteiger partial charge >= 0.3 is 0 Å². The zero-order valence-electron chi connectivity index (χ0n) is 15.2. The Morgan fingerprint density at radius 1 is 0.821 bits per heavy atom. The number of amides is 1. The lowest BCUT2D eigenvalue weighted by Crippen LogP contribution is -2.30. The molecule has 6 heteroatoms. The molecule has 0 aliphatic heterocycles. The van der Waals surface area contributed by atoms with E-state index in [9.17, 15) is 4.79 Å². The highest BCUT2D eigenvalue weighted by molar-refractivity contribution is 5.94. The fourth-order valence-electron chi connectivity index (χ4n) is 3.05. The average Bonchev–Trinajstić information content (AvgIpc) is 3.29. The Kier molecular flexibility index (Phi) is 5.20. The largest absolute Gasteiger partial charge is 0.330 e. The van der Waals surface area contributed by atoms with Gasteiger partial charge in [-0.1, -0.05) is 66.7 Å². The van der Waals surface area contributed by atoms with Crippen LogP contribution in [0.2, 0.25) is 0 Å². The topological polar surface area (TPSA) is 63.9 Å². The summed E-state index contributed by atoms with van der Waals surface area (Å²) >= 11 is 0. The van der Waals surface area contributed by atoms with Crippen LogP contribution in [0.25, 0.3) is 5.69 Å². The number of hydrogen-bond donors (Lipinski definition) is 0. The van der Waals surface area contributed by atoms with Crippen LogP contribution < -0.4 is 0 Å². The van der Waals surface area contributed by atoms with Gasteiger partial charge in [-0.2, -0.15) is 0 Å². The van der Waals surface area contributed by atoms with Crippen molar-refractivity contribution in [1.82, 2.24) is 25.1 Å². The number of tetrazole rings is 1. The first-order valence-electron chi connectivity index (χ1n) is 9.00. The maximum Gasteiger partial charge on any atom is 0.254 e. The molecular formula is C22H19N5O. The van der Waals surface area contributed by atoms with Crippen molar-refractivity contribution in [3.05, 3.63) is 108 Å². The van der Waals surface area contributed by atoms with Gasteiger partial charge < -0.3 is 4.90 Å². The second kappa shape index (κ2) is 8.26. The van der Waals surface area contributed by atoms with Crippen molar-refractivity contribution in [2.75, 3.05) is 0 Å². The molecule has 0 radical (unpaired) electrons. The molecule has 0 unspecified atom stereocenters. The quantitative estimate of drug-likeness (QED) is 0.522. The zero-order chi connectivity index (χ0) is 19.2. The highest BCUT2D eigenvalue weighted by atomic mass is 16.2. The summed E-state index contributed by atoms with van der Waals surface area (Å²) in [4.78, 5) is 15.2. The van der Waals surface area contributed by atoms with Crippen LogP contribution in [0, 0.1) is 0 Å². The summed E-state index contributed by atoms with van der Waals surface area (Å²) in [5.74, 6) is -0.0392. The summed E-state index contributed by atoms with van der Waals surface area (Å²) in [5.41, 5.74) is 3.52. The summed E-state index contributed by atoms with van der Waals surface area (Å²) in [7, 11) is 0. The summed E-state index contributed by atoms with van der Waals surface area (Å²) in [5, 5.41) is 11.2. The number of nitrogens with zero attached hydrogens (tertiary/aromatic N) is 5. The molecule has 3 aromatic carbocycles. The fourth-order valence-corrected chi connectivity index (χ4v) is 3.05. The Hall–Kier alpha value is -3.80. The molecule has 4 aromatic rings. The highest BCUT2D eigenvalue weighted by Crippen LogP contribution is 2.16. The summed E-state index contributed by atoms with van der Waals surface area (Å²) in [6.07, 6.45) is 1.51. The van der Waals surface area contributed by atoms with E-state index in [4.69, 9.17) is 0 Å². The first kappa shape index (κ1) is 17.6. The number of benzene rings is 3. The third kappa shape index (κ3) is 4.12. The van der Waals surface area contributed by atoms with Gasteiger partial charge in [0.2, 0.25) is 0 Å². The molecule has 0 aliphatic carbocycles. The van der Waals surface area contributed by atoms with E-state index in [1.54, 1.807) is 0 Å². The van der Waals surface area contributed by atoms with Gasteiger partial charge in [-0.05, 0) is 39.8 Å². The Morgan fingerprint density at radius 3 is 2.04 bits per heavy atom. The van der Waals surface area contributed by atoms with Gasteiger partial charge in [-0.15, -0.1) is 5.10 Å². The molecule has 0 N–H and O–H groups in total. The lowest BCUT2D eigenvalue weighted by Gasteiger charge is -2.23.